The summed E-state index contributed by atoms with van der Waals surface area (Å²) in [7, 11) is 1.36. The molecule has 0 saturated heterocycles. The van der Waals surface area contributed by atoms with Crippen LogP contribution in [0.15, 0.2) is 54.6 Å². The van der Waals surface area contributed by atoms with Crippen molar-refractivity contribution in [1.82, 2.24) is 0 Å². The number of benzene rings is 2. The molecular weight excluding hydrogens is 256 g/mol. The van der Waals surface area contributed by atoms with Crippen molar-refractivity contribution in [2.45, 2.75) is 6.42 Å². The molecule has 0 aliphatic rings. The summed E-state index contributed by atoms with van der Waals surface area (Å²) in [6.07, 6.45) is 0.222. The second-order valence-electron chi connectivity index (χ2n) is 4.06. The SMILES string of the molecule is COC(=O)CCOc1cccc(Oc2ccccc2)c1. The molecule has 4 nitrogen and oxygen atoms in total. The number of methoxy groups -OCH3 is 1. The zero-order valence-corrected chi connectivity index (χ0v) is 11.2. The molecule has 0 unspecified atom stereocenters. The standard InChI is InChI=1S/C16H16O4/c1-18-16(17)10-11-19-14-8-5-9-15(12-14)20-13-6-3-2-4-7-13/h2-9,12H,10-11H2,1H3. The van der Waals surface area contributed by atoms with Crippen LogP contribution in [0.25, 0.3) is 0 Å². The normalized spacial score (nSPS) is 9.85. The molecule has 0 N–H and O–H groups in total. The lowest BCUT2D eigenvalue weighted by atomic mass is 10.3. The lowest BCUT2D eigenvalue weighted by Gasteiger charge is -2.08. The Morgan fingerprint density at radius 2 is 1.65 bits per heavy atom. The van der Waals surface area contributed by atoms with Gasteiger partial charge in [-0.1, -0.05) is 24.3 Å². The van der Waals surface area contributed by atoms with Crippen LogP contribution in [0.1, 0.15) is 6.42 Å². The minimum Gasteiger partial charge on any atom is -0.493 e. The predicted molar refractivity (Wildman–Crippen MR) is 75.1 cm³/mol. The van der Waals surface area contributed by atoms with Crippen molar-refractivity contribution >= 4 is 5.97 Å². The number of para-hydroxylation sites is 1. The van der Waals surface area contributed by atoms with Crippen LogP contribution in [0.5, 0.6) is 17.2 Å². The average molecular weight is 272 g/mol. The van der Waals surface area contributed by atoms with Gasteiger partial charge >= 0.3 is 5.97 Å². The van der Waals surface area contributed by atoms with Crippen molar-refractivity contribution in [3.05, 3.63) is 54.6 Å². The zero-order valence-electron chi connectivity index (χ0n) is 11.2. The van der Waals surface area contributed by atoms with Crippen molar-refractivity contribution < 1.29 is 19.0 Å². The van der Waals surface area contributed by atoms with Gasteiger partial charge in [-0.2, -0.15) is 0 Å². The highest BCUT2D eigenvalue weighted by Gasteiger charge is 2.02. The van der Waals surface area contributed by atoms with E-state index in [0.717, 1.165) is 5.75 Å². The van der Waals surface area contributed by atoms with Crippen LogP contribution in [0.3, 0.4) is 0 Å². The summed E-state index contributed by atoms with van der Waals surface area (Å²) < 4.78 is 15.7. The van der Waals surface area contributed by atoms with Crippen LogP contribution in [-0.4, -0.2) is 19.7 Å². The molecule has 0 spiro atoms. The molecule has 0 aliphatic heterocycles. The summed E-state index contributed by atoms with van der Waals surface area (Å²) in [5.74, 6) is 1.81. The van der Waals surface area contributed by atoms with Crippen LogP contribution >= 0.6 is 0 Å². The number of hydrogen-bond acceptors (Lipinski definition) is 4. The first-order chi connectivity index (χ1) is 9.78. The smallest absolute Gasteiger partial charge is 0.308 e. The molecule has 4 heteroatoms. The van der Waals surface area contributed by atoms with Crippen molar-refractivity contribution in [2.24, 2.45) is 0 Å². The van der Waals surface area contributed by atoms with Gasteiger partial charge in [0.2, 0.25) is 0 Å². The third-order valence-corrected chi connectivity index (χ3v) is 2.59. The Morgan fingerprint density at radius 3 is 2.40 bits per heavy atom. The van der Waals surface area contributed by atoms with Crippen molar-refractivity contribution in [1.29, 1.82) is 0 Å². The van der Waals surface area contributed by atoms with E-state index in [-0.39, 0.29) is 19.0 Å². The van der Waals surface area contributed by atoms with E-state index in [2.05, 4.69) is 4.74 Å². The molecule has 2 aromatic rings. The van der Waals surface area contributed by atoms with E-state index >= 15 is 0 Å². The van der Waals surface area contributed by atoms with E-state index in [9.17, 15) is 4.79 Å². The summed E-state index contributed by atoms with van der Waals surface area (Å²) in [6.45, 7) is 0.279. The molecule has 20 heavy (non-hydrogen) atoms. The summed E-state index contributed by atoms with van der Waals surface area (Å²) in [6, 6.07) is 16.8. The van der Waals surface area contributed by atoms with E-state index in [1.807, 2.05) is 48.5 Å². The molecular formula is C16H16O4. The Kier molecular flexibility index (Phi) is 5.00. The molecule has 0 atom stereocenters. The Labute approximate surface area is 117 Å². The monoisotopic (exact) mass is 272 g/mol. The third kappa shape index (κ3) is 4.31. The molecule has 0 heterocycles. The van der Waals surface area contributed by atoms with Crippen LogP contribution < -0.4 is 9.47 Å². The maximum atomic E-state index is 11.0. The molecule has 0 saturated carbocycles. The van der Waals surface area contributed by atoms with Crippen molar-refractivity contribution in [3.63, 3.8) is 0 Å². The number of esters is 1. The molecule has 0 fully saturated rings. The van der Waals surface area contributed by atoms with Gasteiger partial charge < -0.3 is 14.2 Å². The number of hydrogen-bond donors (Lipinski definition) is 0. The van der Waals surface area contributed by atoms with Gasteiger partial charge in [0.15, 0.2) is 0 Å². The molecule has 2 rings (SSSR count). The van der Waals surface area contributed by atoms with Gasteiger partial charge in [0.25, 0.3) is 0 Å². The lowest BCUT2D eigenvalue weighted by Crippen LogP contribution is -2.07. The largest absolute Gasteiger partial charge is 0.493 e. The Hall–Kier alpha value is -2.49. The summed E-state index contributed by atoms with van der Waals surface area (Å²) in [5, 5.41) is 0. The van der Waals surface area contributed by atoms with Gasteiger partial charge in [-0.05, 0) is 24.3 Å². The van der Waals surface area contributed by atoms with Gasteiger partial charge in [0.05, 0.1) is 20.1 Å². The third-order valence-electron chi connectivity index (χ3n) is 2.59. The Morgan fingerprint density at radius 1 is 0.950 bits per heavy atom. The van der Waals surface area contributed by atoms with Crippen molar-refractivity contribution in [3.8, 4) is 17.2 Å². The summed E-state index contributed by atoms with van der Waals surface area (Å²) in [4.78, 5) is 11.0. The maximum Gasteiger partial charge on any atom is 0.308 e. The quantitative estimate of drug-likeness (QED) is 0.756. The van der Waals surface area contributed by atoms with Gasteiger partial charge in [-0.15, -0.1) is 0 Å². The summed E-state index contributed by atoms with van der Waals surface area (Å²) >= 11 is 0. The molecule has 0 aromatic heterocycles. The topological polar surface area (TPSA) is 44.8 Å². The van der Waals surface area contributed by atoms with Gasteiger partial charge in [0.1, 0.15) is 17.2 Å². The van der Waals surface area contributed by atoms with E-state index in [1.54, 1.807) is 6.07 Å². The van der Waals surface area contributed by atoms with E-state index in [1.165, 1.54) is 7.11 Å². The highest BCUT2D eigenvalue weighted by molar-refractivity contribution is 5.69. The second kappa shape index (κ2) is 7.19. The van der Waals surface area contributed by atoms with Crippen molar-refractivity contribution in [2.75, 3.05) is 13.7 Å². The first kappa shape index (κ1) is 13.9. The predicted octanol–water partition coefficient (Wildman–Crippen LogP) is 3.42. The molecule has 2 aromatic carbocycles. The molecule has 0 bridgehead atoms. The van der Waals surface area contributed by atoms with Crippen LogP contribution in [0, 0.1) is 0 Å². The van der Waals surface area contributed by atoms with E-state index < -0.39 is 0 Å². The molecule has 0 amide bonds. The second-order valence-corrected chi connectivity index (χ2v) is 4.06. The van der Waals surface area contributed by atoms with Gasteiger partial charge in [0, 0.05) is 6.07 Å². The maximum absolute atomic E-state index is 11.0. The van der Waals surface area contributed by atoms with E-state index in [4.69, 9.17) is 9.47 Å². The number of carbonyl (C=O) groups excluding carboxylic acids is 1. The Bertz CT molecular complexity index is 551. The minimum absolute atomic E-state index is 0.222. The Balaban J connectivity index is 1.92. The number of ether oxygens (including phenoxy) is 3. The first-order valence-electron chi connectivity index (χ1n) is 6.30. The highest BCUT2D eigenvalue weighted by Crippen LogP contribution is 2.24. The zero-order chi connectivity index (χ0) is 14.2. The minimum atomic E-state index is -0.290. The van der Waals surface area contributed by atoms with Gasteiger partial charge in [-0.25, -0.2) is 0 Å². The van der Waals surface area contributed by atoms with E-state index in [0.29, 0.717) is 11.5 Å². The lowest BCUT2D eigenvalue weighted by molar-refractivity contribution is -0.141. The fourth-order valence-electron chi connectivity index (χ4n) is 1.61. The highest BCUT2D eigenvalue weighted by atomic mass is 16.5. The average Bonchev–Trinajstić information content (AvgIpc) is 2.48. The number of carbonyl (C=O) groups is 1. The fraction of sp³-hybridized carbons (Fsp3) is 0.188. The number of rotatable bonds is 6. The molecule has 0 radical (unpaired) electrons. The van der Waals surface area contributed by atoms with Crippen LogP contribution in [0.4, 0.5) is 0 Å². The van der Waals surface area contributed by atoms with Crippen LogP contribution in [-0.2, 0) is 9.53 Å². The van der Waals surface area contributed by atoms with Gasteiger partial charge in [-0.3, -0.25) is 4.79 Å². The first-order valence-corrected chi connectivity index (χ1v) is 6.30. The molecule has 0 aliphatic carbocycles. The summed E-state index contributed by atoms with van der Waals surface area (Å²) in [5.41, 5.74) is 0. The molecule has 104 valence electrons. The van der Waals surface area contributed by atoms with Crippen LogP contribution in [0.2, 0.25) is 0 Å². The fourth-order valence-corrected chi connectivity index (χ4v) is 1.61.